The Hall–Kier alpha value is -3.53. The van der Waals surface area contributed by atoms with Gasteiger partial charge < -0.3 is 15.7 Å². The summed E-state index contributed by atoms with van der Waals surface area (Å²) in [5.74, 6) is -1.33. The van der Waals surface area contributed by atoms with Crippen molar-refractivity contribution in [1.29, 1.82) is 0 Å². The van der Waals surface area contributed by atoms with E-state index in [9.17, 15) is 19.2 Å². The van der Waals surface area contributed by atoms with Gasteiger partial charge in [-0.05, 0) is 24.0 Å². The van der Waals surface area contributed by atoms with Crippen LogP contribution in [0.2, 0.25) is 0 Å². The minimum Gasteiger partial charge on any atom is -0.364 e. The number of primary amides is 1. The Kier molecular flexibility index (Phi) is 4.65. The molecule has 1 aliphatic rings. The number of hydrogen-bond acceptors (Lipinski definition) is 6. The van der Waals surface area contributed by atoms with Gasteiger partial charge in [0.2, 0.25) is 0 Å². The zero-order valence-corrected chi connectivity index (χ0v) is 17.1. The number of fused-ring (bicyclic) bond motifs is 1. The molecule has 5 N–H and O–H groups in total. The van der Waals surface area contributed by atoms with Crippen molar-refractivity contribution < 1.29 is 14.4 Å². The van der Waals surface area contributed by atoms with Crippen LogP contribution in [-0.2, 0) is 6.42 Å². The van der Waals surface area contributed by atoms with Gasteiger partial charge in [-0.3, -0.25) is 24.5 Å². The monoisotopic (exact) mass is 425 g/mol. The van der Waals surface area contributed by atoms with E-state index in [1.54, 1.807) is 17.6 Å². The topological polar surface area (TPSA) is 151 Å². The van der Waals surface area contributed by atoms with Crippen molar-refractivity contribution >= 4 is 34.1 Å². The van der Waals surface area contributed by atoms with Gasteiger partial charge in [-0.15, -0.1) is 11.3 Å². The number of carbonyl (C=O) groups excluding carboxylic acids is 3. The lowest BCUT2D eigenvalue weighted by Gasteiger charge is -2.29. The van der Waals surface area contributed by atoms with E-state index in [1.807, 2.05) is 13.8 Å². The highest BCUT2D eigenvalue weighted by atomic mass is 32.1. The predicted molar refractivity (Wildman–Crippen MR) is 112 cm³/mol. The molecule has 0 fully saturated rings. The second-order valence-electron chi connectivity index (χ2n) is 8.00. The highest BCUT2D eigenvalue weighted by Gasteiger charge is 2.32. The number of Topliss-reactive ketones (excluding diaryl/α,β-unsaturated/α-hetero) is 1. The van der Waals surface area contributed by atoms with E-state index < -0.39 is 17.4 Å². The average molecular weight is 425 g/mol. The summed E-state index contributed by atoms with van der Waals surface area (Å²) in [6.07, 6.45) is 2.50. The van der Waals surface area contributed by atoms with Crippen molar-refractivity contribution in [3.05, 3.63) is 56.6 Å². The first-order chi connectivity index (χ1) is 14.1. The molecule has 30 heavy (non-hydrogen) atoms. The molecule has 4 rings (SSSR count). The van der Waals surface area contributed by atoms with Crippen LogP contribution in [0.1, 0.15) is 57.2 Å². The van der Waals surface area contributed by atoms with Gasteiger partial charge in [0.15, 0.2) is 10.9 Å². The molecule has 0 atom stereocenters. The third-order valence-corrected chi connectivity index (χ3v) is 5.69. The van der Waals surface area contributed by atoms with Gasteiger partial charge in [-0.2, -0.15) is 0 Å². The van der Waals surface area contributed by atoms with E-state index >= 15 is 0 Å². The van der Waals surface area contributed by atoms with Crippen LogP contribution in [0.4, 0.5) is 5.13 Å². The lowest BCUT2D eigenvalue weighted by atomic mass is 9.75. The smallest absolute Gasteiger partial charge is 0.265 e. The summed E-state index contributed by atoms with van der Waals surface area (Å²) >= 11 is 1.17. The summed E-state index contributed by atoms with van der Waals surface area (Å²) in [5, 5.41) is 4.57. The second-order valence-corrected chi connectivity index (χ2v) is 8.86. The minimum absolute atomic E-state index is 0.0965. The number of aromatic amines is 2. The van der Waals surface area contributed by atoms with Crippen LogP contribution < -0.4 is 16.6 Å². The summed E-state index contributed by atoms with van der Waals surface area (Å²) in [6, 6.07) is 2.92. The number of ketones is 1. The van der Waals surface area contributed by atoms with Crippen LogP contribution in [0.5, 0.6) is 0 Å². The maximum absolute atomic E-state index is 12.7. The van der Waals surface area contributed by atoms with Crippen LogP contribution in [-0.4, -0.2) is 32.5 Å². The second kappa shape index (κ2) is 7.06. The number of rotatable bonds is 4. The lowest BCUT2D eigenvalue weighted by Crippen LogP contribution is -2.32. The first-order valence-electron chi connectivity index (χ1n) is 9.18. The number of carbonyl (C=O) groups is 3. The summed E-state index contributed by atoms with van der Waals surface area (Å²) in [6.45, 7) is 3.92. The molecule has 3 aromatic heterocycles. The largest absolute Gasteiger partial charge is 0.364 e. The summed E-state index contributed by atoms with van der Waals surface area (Å²) in [5.41, 5.74) is 6.66. The Morgan fingerprint density at radius 3 is 2.70 bits per heavy atom. The van der Waals surface area contributed by atoms with Gasteiger partial charge in [0.1, 0.15) is 11.3 Å². The molecule has 10 heteroatoms. The molecule has 0 radical (unpaired) electrons. The van der Waals surface area contributed by atoms with Crippen LogP contribution in [0.15, 0.2) is 28.5 Å². The van der Waals surface area contributed by atoms with Crippen molar-refractivity contribution in [2.75, 3.05) is 5.32 Å². The number of nitrogens with zero attached hydrogens (tertiary/aromatic N) is 1. The van der Waals surface area contributed by atoms with E-state index in [0.717, 1.165) is 0 Å². The molecule has 0 aromatic carbocycles. The summed E-state index contributed by atoms with van der Waals surface area (Å²) in [4.78, 5) is 58.5. The molecule has 0 bridgehead atoms. The Balaban J connectivity index is 1.57. The zero-order valence-electron chi connectivity index (χ0n) is 16.3. The van der Waals surface area contributed by atoms with Crippen molar-refractivity contribution in [1.82, 2.24) is 15.0 Å². The third kappa shape index (κ3) is 3.69. The number of aromatic nitrogens is 3. The molecule has 3 heterocycles. The Morgan fingerprint density at radius 1 is 1.23 bits per heavy atom. The molecule has 0 spiro atoms. The molecule has 0 aliphatic heterocycles. The first-order valence-corrected chi connectivity index (χ1v) is 10.1. The zero-order chi connectivity index (χ0) is 21.6. The number of anilines is 1. The van der Waals surface area contributed by atoms with Gasteiger partial charge in [0.05, 0.1) is 5.69 Å². The fourth-order valence-electron chi connectivity index (χ4n) is 3.51. The van der Waals surface area contributed by atoms with Gasteiger partial charge in [-0.1, -0.05) is 13.8 Å². The van der Waals surface area contributed by atoms with E-state index in [4.69, 9.17) is 5.73 Å². The fraction of sp³-hybridized carbons (Fsp3) is 0.250. The number of nitrogens with one attached hydrogen (secondary N) is 3. The van der Waals surface area contributed by atoms with E-state index in [2.05, 4.69) is 20.3 Å². The van der Waals surface area contributed by atoms with E-state index in [-0.39, 0.29) is 27.6 Å². The summed E-state index contributed by atoms with van der Waals surface area (Å²) < 4.78 is 0. The van der Waals surface area contributed by atoms with Gasteiger partial charge in [-0.25, -0.2) is 4.98 Å². The lowest BCUT2D eigenvalue weighted by molar-refractivity contribution is 0.0909. The number of amides is 2. The number of thiazole rings is 1. The summed E-state index contributed by atoms with van der Waals surface area (Å²) in [7, 11) is 0. The van der Waals surface area contributed by atoms with Crippen molar-refractivity contribution in [2.24, 2.45) is 11.1 Å². The standard InChI is InChI=1S/C20H19N5O4S/c1-20(2)5-13-10(15(26)6-20)4-11(17(28)23-13)18(29)25-19-24-14(8-30-19)9-3-12(16(21)27)22-7-9/h3-4,7-8,22H,5-6H2,1-2H3,(H2,21,27)(H,23,28)(H,24,25,29). The molecule has 0 unspecified atom stereocenters. The average Bonchev–Trinajstić information content (AvgIpc) is 3.29. The Morgan fingerprint density at radius 2 is 2.00 bits per heavy atom. The first kappa shape index (κ1) is 19.8. The van der Waals surface area contributed by atoms with Crippen LogP contribution in [0, 0.1) is 5.41 Å². The van der Waals surface area contributed by atoms with Crippen molar-refractivity contribution in [3.63, 3.8) is 0 Å². The number of nitrogens with two attached hydrogens (primary N) is 1. The normalized spacial score (nSPS) is 14.9. The predicted octanol–water partition coefficient (Wildman–Crippen LogP) is 2.33. The SMILES string of the molecule is CC1(C)CC(=O)c2cc(C(=O)Nc3nc(-c4c[nH]c(C(N)=O)c4)cs3)c(=O)[nH]c2C1. The molecule has 9 nitrogen and oxygen atoms in total. The number of hydrogen-bond donors (Lipinski definition) is 4. The molecule has 0 saturated heterocycles. The molecule has 0 saturated carbocycles. The van der Waals surface area contributed by atoms with Crippen LogP contribution in [0.3, 0.4) is 0 Å². The molecule has 1 aliphatic carbocycles. The number of pyridine rings is 1. The maximum atomic E-state index is 12.7. The third-order valence-electron chi connectivity index (χ3n) is 4.93. The van der Waals surface area contributed by atoms with Gasteiger partial charge in [0.25, 0.3) is 17.4 Å². The van der Waals surface area contributed by atoms with Gasteiger partial charge >= 0.3 is 0 Å². The molecule has 2 amide bonds. The fourth-order valence-corrected chi connectivity index (χ4v) is 4.22. The van der Waals surface area contributed by atoms with Gasteiger partial charge in [0, 0.05) is 34.8 Å². The quantitative estimate of drug-likeness (QED) is 0.506. The van der Waals surface area contributed by atoms with E-state index in [1.165, 1.54) is 17.4 Å². The van der Waals surface area contributed by atoms with Crippen LogP contribution in [0.25, 0.3) is 11.3 Å². The molecular weight excluding hydrogens is 406 g/mol. The minimum atomic E-state index is -0.649. The van der Waals surface area contributed by atoms with E-state index in [0.29, 0.717) is 35.4 Å². The Bertz CT molecular complexity index is 1250. The number of H-pyrrole nitrogens is 2. The molecule has 154 valence electrons. The molecular formula is C20H19N5O4S. The van der Waals surface area contributed by atoms with Crippen LogP contribution >= 0.6 is 11.3 Å². The highest BCUT2D eigenvalue weighted by Crippen LogP contribution is 2.33. The van der Waals surface area contributed by atoms with Crippen molar-refractivity contribution in [3.8, 4) is 11.3 Å². The maximum Gasteiger partial charge on any atom is 0.265 e. The Labute approximate surface area is 174 Å². The molecule has 3 aromatic rings. The highest BCUT2D eigenvalue weighted by molar-refractivity contribution is 7.14. The van der Waals surface area contributed by atoms with Crippen molar-refractivity contribution in [2.45, 2.75) is 26.7 Å².